The first-order valence-corrected chi connectivity index (χ1v) is 14.9. The van der Waals surface area contributed by atoms with Gasteiger partial charge >= 0.3 is 17.8 Å². The largest absolute Gasteiger partial charge is 0.491 e. The summed E-state index contributed by atoms with van der Waals surface area (Å²) in [7, 11) is 0. The first-order chi connectivity index (χ1) is 20.8. The van der Waals surface area contributed by atoms with Gasteiger partial charge in [-0.15, -0.1) is 11.8 Å². The maximum Gasteiger partial charge on any atom is 0.491 e. The van der Waals surface area contributed by atoms with Gasteiger partial charge in [-0.05, 0) is 49.8 Å². The van der Waals surface area contributed by atoms with Crippen molar-refractivity contribution in [1.82, 2.24) is 29.8 Å². The van der Waals surface area contributed by atoms with Crippen LogP contribution >= 0.6 is 11.8 Å². The van der Waals surface area contributed by atoms with Crippen molar-refractivity contribution in [3.8, 4) is 22.7 Å². The SMILES string of the molecule is CSc1ncccc1-c1nc2c(c(N3CCNC[C@@H]3C)nc(=O)n2-c2c(C)ccnc2C(C)C)c(OC(=O)C(F)(F)F)c1F. The van der Waals surface area contributed by atoms with Crippen molar-refractivity contribution in [3.05, 3.63) is 58.2 Å². The Bertz CT molecular complexity index is 1810. The van der Waals surface area contributed by atoms with Crippen LogP contribution in [-0.4, -0.2) is 68.6 Å². The number of carbonyl (C=O) groups is 1. The van der Waals surface area contributed by atoms with E-state index in [-0.39, 0.29) is 40.9 Å². The fourth-order valence-corrected chi connectivity index (χ4v) is 5.74. The Morgan fingerprint density at radius 3 is 2.59 bits per heavy atom. The molecule has 1 aliphatic rings. The molecule has 15 heteroatoms. The highest BCUT2D eigenvalue weighted by Gasteiger charge is 2.43. The third-order valence-corrected chi connectivity index (χ3v) is 7.96. The second-order valence-corrected chi connectivity index (χ2v) is 11.4. The maximum atomic E-state index is 16.6. The van der Waals surface area contributed by atoms with Gasteiger partial charge in [-0.1, -0.05) is 13.8 Å². The molecule has 5 heterocycles. The number of alkyl halides is 3. The average molecular weight is 632 g/mol. The number of hydrogen-bond donors (Lipinski definition) is 1. The zero-order chi connectivity index (χ0) is 31.9. The molecule has 1 saturated heterocycles. The van der Waals surface area contributed by atoms with Crippen molar-refractivity contribution < 1.29 is 27.1 Å². The van der Waals surface area contributed by atoms with Gasteiger partial charge in [0, 0.05) is 43.6 Å². The number of hydrogen-bond acceptors (Lipinski definition) is 10. The van der Waals surface area contributed by atoms with Crippen LogP contribution in [0.25, 0.3) is 28.0 Å². The van der Waals surface area contributed by atoms with Gasteiger partial charge in [-0.3, -0.25) is 4.98 Å². The Labute approximate surface area is 253 Å². The molecule has 0 unspecified atom stereocenters. The van der Waals surface area contributed by atoms with Crippen molar-refractivity contribution in [1.29, 1.82) is 0 Å². The molecule has 4 aromatic rings. The van der Waals surface area contributed by atoms with E-state index in [2.05, 4.69) is 25.3 Å². The van der Waals surface area contributed by atoms with E-state index in [4.69, 9.17) is 4.74 Å². The minimum absolute atomic E-state index is 0.128. The molecule has 10 nitrogen and oxygen atoms in total. The first kappa shape index (κ1) is 31.3. The van der Waals surface area contributed by atoms with Gasteiger partial charge in [0.05, 0.1) is 11.4 Å². The lowest BCUT2D eigenvalue weighted by Gasteiger charge is -2.35. The molecule has 0 spiro atoms. The van der Waals surface area contributed by atoms with Gasteiger partial charge < -0.3 is 15.0 Å². The zero-order valence-corrected chi connectivity index (χ0v) is 25.3. The number of aromatic nitrogens is 5. The summed E-state index contributed by atoms with van der Waals surface area (Å²) >= 11 is 1.16. The predicted octanol–water partition coefficient (Wildman–Crippen LogP) is 4.80. The van der Waals surface area contributed by atoms with Gasteiger partial charge in [0.2, 0.25) is 0 Å². The molecule has 1 fully saturated rings. The lowest BCUT2D eigenvalue weighted by atomic mass is 10.0. The van der Waals surface area contributed by atoms with Crippen LogP contribution < -0.4 is 20.6 Å². The number of anilines is 1. The van der Waals surface area contributed by atoms with Gasteiger partial charge in [0.15, 0.2) is 17.2 Å². The molecule has 0 amide bonds. The number of ether oxygens (including phenoxy) is 1. The van der Waals surface area contributed by atoms with Crippen LogP contribution in [0.4, 0.5) is 23.4 Å². The fraction of sp³-hybridized carbons (Fsp3) is 0.379. The van der Waals surface area contributed by atoms with E-state index in [1.165, 1.54) is 18.3 Å². The third kappa shape index (κ3) is 5.61. The molecule has 1 aliphatic heterocycles. The Hall–Kier alpha value is -4.11. The van der Waals surface area contributed by atoms with Crippen LogP contribution in [0.15, 0.2) is 40.4 Å². The lowest BCUT2D eigenvalue weighted by Crippen LogP contribution is -2.51. The van der Waals surface area contributed by atoms with Gasteiger partial charge in [0.25, 0.3) is 0 Å². The van der Waals surface area contributed by atoms with Crippen molar-refractivity contribution in [2.45, 2.75) is 50.9 Å². The number of piperazine rings is 1. The molecule has 0 radical (unpaired) electrons. The monoisotopic (exact) mass is 631 g/mol. The minimum atomic E-state index is -5.45. The summed E-state index contributed by atoms with van der Waals surface area (Å²) in [5.74, 6) is -5.37. The molecule has 1 atom stereocenters. The second-order valence-electron chi connectivity index (χ2n) is 10.6. The van der Waals surface area contributed by atoms with Gasteiger partial charge in [-0.25, -0.2) is 28.5 Å². The Morgan fingerprint density at radius 2 is 1.93 bits per heavy atom. The smallest absolute Gasteiger partial charge is 0.416 e. The highest BCUT2D eigenvalue weighted by atomic mass is 32.2. The molecule has 0 aliphatic carbocycles. The molecule has 232 valence electrons. The van der Waals surface area contributed by atoms with Crippen molar-refractivity contribution in [2.75, 3.05) is 30.8 Å². The summed E-state index contributed by atoms with van der Waals surface area (Å²) in [6, 6.07) is 4.35. The minimum Gasteiger partial charge on any atom is -0.416 e. The molecule has 44 heavy (non-hydrogen) atoms. The van der Waals surface area contributed by atoms with Crippen LogP contribution in [0.3, 0.4) is 0 Å². The van der Waals surface area contributed by atoms with E-state index in [9.17, 15) is 22.8 Å². The number of nitrogens with one attached hydrogen (secondary N) is 1. The summed E-state index contributed by atoms with van der Waals surface area (Å²) in [4.78, 5) is 45.6. The highest BCUT2D eigenvalue weighted by Crippen LogP contribution is 2.42. The average Bonchev–Trinajstić information content (AvgIpc) is 2.98. The number of rotatable bonds is 6. The summed E-state index contributed by atoms with van der Waals surface area (Å²) in [6.07, 6.45) is -0.722. The third-order valence-electron chi connectivity index (χ3n) is 7.25. The van der Waals surface area contributed by atoms with E-state index >= 15 is 4.39 Å². The normalized spacial score (nSPS) is 15.7. The Morgan fingerprint density at radius 1 is 1.18 bits per heavy atom. The summed E-state index contributed by atoms with van der Waals surface area (Å²) in [6.45, 7) is 8.45. The molecule has 0 saturated carbocycles. The molecule has 5 rings (SSSR count). The Balaban J connectivity index is 2.02. The number of fused-ring (bicyclic) bond motifs is 1. The number of thioether (sulfide) groups is 1. The summed E-state index contributed by atoms with van der Waals surface area (Å²) < 4.78 is 63.4. The number of esters is 1. The number of aryl methyl sites for hydroxylation is 1. The highest BCUT2D eigenvalue weighted by molar-refractivity contribution is 7.98. The predicted molar refractivity (Wildman–Crippen MR) is 158 cm³/mol. The summed E-state index contributed by atoms with van der Waals surface area (Å²) in [5.41, 5.74) is -0.0306. The number of pyridine rings is 3. The van der Waals surface area contributed by atoms with Crippen LogP contribution in [0, 0.1) is 12.7 Å². The van der Waals surface area contributed by atoms with Crippen LogP contribution in [0.1, 0.15) is 37.9 Å². The second kappa shape index (κ2) is 12.1. The molecule has 0 aromatic carbocycles. The van der Waals surface area contributed by atoms with Gasteiger partial charge in [-0.2, -0.15) is 18.2 Å². The van der Waals surface area contributed by atoms with Crippen molar-refractivity contribution in [2.24, 2.45) is 0 Å². The summed E-state index contributed by atoms with van der Waals surface area (Å²) in [5, 5.41) is 3.14. The molecular weight excluding hydrogens is 602 g/mol. The van der Waals surface area contributed by atoms with Crippen LogP contribution in [0.2, 0.25) is 0 Å². The van der Waals surface area contributed by atoms with Crippen LogP contribution in [-0.2, 0) is 4.79 Å². The zero-order valence-electron chi connectivity index (χ0n) is 24.5. The molecular formula is C29H29F4N7O3S. The van der Waals surface area contributed by atoms with E-state index in [0.29, 0.717) is 35.1 Å². The first-order valence-electron chi connectivity index (χ1n) is 13.7. The fourth-order valence-electron chi connectivity index (χ4n) is 5.19. The van der Waals surface area contributed by atoms with Crippen molar-refractivity contribution in [3.63, 3.8) is 0 Å². The Kier molecular flexibility index (Phi) is 8.62. The van der Waals surface area contributed by atoms with E-state index in [0.717, 1.165) is 16.3 Å². The standard InChI is InChI=1S/C29H29F4N7O3S/c1-14(2)20-22(15(3)8-10-35-20)40-25-18(24(38-28(40)42)39-12-11-34-13-16(39)4)23(43-27(41)29(31,32)33)19(30)21(37-25)17-7-6-9-36-26(17)44-5/h6-10,14,16,34H,11-13H2,1-5H3/t16-/m0/s1. The molecule has 0 bridgehead atoms. The number of nitrogens with zero attached hydrogens (tertiary/aromatic N) is 6. The van der Waals surface area contributed by atoms with E-state index in [1.54, 1.807) is 30.3 Å². The quantitative estimate of drug-likeness (QED) is 0.181. The topological polar surface area (TPSA) is 115 Å². The van der Waals surface area contributed by atoms with E-state index in [1.807, 2.05) is 20.8 Å². The van der Waals surface area contributed by atoms with E-state index < -0.39 is 35.1 Å². The van der Waals surface area contributed by atoms with Crippen molar-refractivity contribution >= 4 is 34.6 Å². The number of halogens is 4. The maximum absolute atomic E-state index is 16.6. The molecule has 1 N–H and O–H groups in total. The number of carbonyl (C=O) groups excluding carboxylic acids is 1. The molecule has 4 aromatic heterocycles. The van der Waals surface area contributed by atoms with Gasteiger partial charge in [0.1, 0.15) is 21.9 Å². The lowest BCUT2D eigenvalue weighted by molar-refractivity contribution is -0.189. The van der Waals surface area contributed by atoms with Crippen LogP contribution in [0.5, 0.6) is 5.75 Å².